The molecule has 2 unspecified atom stereocenters. The minimum Gasteiger partial charge on any atom is -0.394 e. The van der Waals surface area contributed by atoms with E-state index in [4.69, 9.17) is 9.47 Å². The number of benzene rings is 2. The first-order valence-electron chi connectivity index (χ1n) is 11.1. The van der Waals surface area contributed by atoms with Crippen LogP contribution in [0.3, 0.4) is 0 Å². The van der Waals surface area contributed by atoms with Crippen molar-refractivity contribution in [2.24, 2.45) is 0 Å². The van der Waals surface area contributed by atoms with Gasteiger partial charge in [-0.15, -0.1) is 11.3 Å². The third kappa shape index (κ3) is 3.40. The largest absolute Gasteiger partial charge is 0.394 e. The number of hydrogen-bond donors (Lipinski definition) is 4. The Labute approximate surface area is 190 Å². The predicted octanol–water partition coefficient (Wildman–Crippen LogP) is 2.25. The van der Waals surface area contributed by atoms with Gasteiger partial charge in [-0.1, -0.05) is 49.4 Å². The van der Waals surface area contributed by atoms with Crippen LogP contribution < -0.4 is 0 Å². The fraction of sp³-hybridized carbons (Fsp3) is 0.440. The molecule has 0 amide bonds. The Bertz CT molecular complexity index is 1110. The Morgan fingerprint density at radius 3 is 2.50 bits per heavy atom. The van der Waals surface area contributed by atoms with Gasteiger partial charge in [-0.3, -0.25) is 0 Å². The number of rotatable bonds is 4. The summed E-state index contributed by atoms with van der Waals surface area (Å²) in [7, 11) is 0. The highest BCUT2D eigenvalue weighted by atomic mass is 32.1. The van der Waals surface area contributed by atoms with Crippen molar-refractivity contribution in [3.8, 4) is 0 Å². The lowest BCUT2D eigenvalue weighted by molar-refractivity contribution is -0.374. The number of fused-ring (bicyclic) bond motifs is 4. The van der Waals surface area contributed by atoms with Crippen LogP contribution in [-0.2, 0) is 34.5 Å². The standard InChI is InChI=1S/C25H28O6S/c1-2-14-6-8-15(9-7-14)12-16-4-3-5-17-18-10-11-30-25(24(18)32-22(16)17)23(29)21(28)20(27)19(13-26)31-25/h3-9,19-21,23,26-29H,2,10-13H2,1H3/t19-,20-,21+,23?,25?/m1/s1. The maximum Gasteiger partial charge on any atom is 0.234 e. The molecule has 0 radical (unpaired) electrons. The summed E-state index contributed by atoms with van der Waals surface area (Å²) in [6.07, 6.45) is -2.98. The van der Waals surface area contributed by atoms with Gasteiger partial charge in [-0.2, -0.15) is 0 Å². The zero-order valence-corrected chi connectivity index (χ0v) is 18.7. The first-order valence-corrected chi connectivity index (χ1v) is 11.9. The van der Waals surface area contributed by atoms with Crippen molar-refractivity contribution < 1.29 is 29.9 Å². The highest BCUT2D eigenvalue weighted by molar-refractivity contribution is 7.19. The highest BCUT2D eigenvalue weighted by Crippen LogP contribution is 2.49. The minimum absolute atomic E-state index is 0.305. The SMILES string of the molecule is CCc1ccc(Cc2cccc3c4c(sc23)C2(OCC4)O[C@H](CO)[C@@H](O)[C@H](O)C2O)cc1. The van der Waals surface area contributed by atoms with Gasteiger partial charge in [0, 0.05) is 4.70 Å². The van der Waals surface area contributed by atoms with Crippen molar-refractivity contribution in [3.05, 3.63) is 69.6 Å². The fourth-order valence-electron chi connectivity index (χ4n) is 4.83. The van der Waals surface area contributed by atoms with E-state index in [-0.39, 0.29) is 0 Å². The van der Waals surface area contributed by atoms with E-state index in [1.807, 2.05) is 6.07 Å². The van der Waals surface area contributed by atoms with E-state index in [9.17, 15) is 20.4 Å². The lowest BCUT2D eigenvalue weighted by Gasteiger charge is -2.49. The monoisotopic (exact) mass is 456 g/mol. The maximum absolute atomic E-state index is 10.9. The van der Waals surface area contributed by atoms with Crippen molar-refractivity contribution >= 4 is 21.4 Å². The quantitative estimate of drug-likeness (QED) is 0.481. The van der Waals surface area contributed by atoms with Crippen LogP contribution in [0.15, 0.2) is 42.5 Å². The minimum atomic E-state index is -1.61. The first-order chi connectivity index (χ1) is 15.5. The van der Waals surface area contributed by atoms with E-state index in [2.05, 4.69) is 43.3 Å². The van der Waals surface area contributed by atoms with E-state index in [1.54, 1.807) is 0 Å². The molecule has 2 aromatic carbocycles. The van der Waals surface area contributed by atoms with Crippen molar-refractivity contribution in [1.29, 1.82) is 0 Å². The van der Waals surface area contributed by atoms with E-state index in [0.717, 1.165) is 28.5 Å². The average molecular weight is 457 g/mol. The average Bonchev–Trinajstić information content (AvgIpc) is 3.22. The molecule has 0 aliphatic carbocycles. The van der Waals surface area contributed by atoms with E-state index in [1.165, 1.54) is 28.0 Å². The molecule has 0 bridgehead atoms. The summed E-state index contributed by atoms with van der Waals surface area (Å²) in [6.45, 7) is 1.96. The molecule has 0 saturated carbocycles. The van der Waals surface area contributed by atoms with E-state index in [0.29, 0.717) is 17.9 Å². The van der Waals surface area contributed by atoms with Crippen LogP contribution in [0.4, 0.5) is 0 Å². The molecule has 4 N–H and O–H groups in total. The summed E-state index contributed by atoms with van der Waals surface area (Å²) in [5.41, 5.74) is 4.73. The van der Waals surface area contributed by atoms with Crippen LogP contribution in [0.25, 0.3) is 10.1 Å². The first kappa shape index (κ1) is 22.0. The van der Waals surface area contributed by atoms with Crippen LogP contribution in [0.5, 0.6) is 0 Å². The number of aryl methyl sites for hydroxylation is 1. The van der Waals surface area contributed by atoms with Gasteiger partial charge in [0.1, 0.15) is 24.4 Å². The Morgan fingerprint density at radius 2 is 1.78 bits per heavy atom. The third-order valence-corrected chi connectivity index (χ3v) is 8.08. The molecule has 3 aromatic rings. The van der Waals surface area contributed by atoms with Crippen LogP contribution in [0.2, 0.25) is 0 Å². The molecular weight excluding hydrogens is 428 g/mol. The fourth-order valence-corrected chi connectivity index (χ4v) is 6.31. The van der Waals surface area contributed by atoms with Crippen LogP contribution in [-0.4, -0.2) is 58.1 Å². The summed E-state index contributed by atoms with van der Waals surface area (Å²) in [6, 6.07) is 14.9. The smallest absolute Gasteiger partial charge is 0.234 e. The molecule has 1 aromatic heterocycles. The Kier molecular flexibility index (Phi) is 5.84. The maximum atomic E-state index is 10.9. The number of aliphatic hydroxyl groups excluding tert-OH is 4. The van der Waals surface area contributed by atoms with Crippen LogP contribution >= 0.6 is 11.3 Å². The lowest BCUT2D eigenvalue weighted by Crippen LogP contribution is -2.65. The zero-order chi connectivity index (χ0) is 22.5. The van der Waals surface area contributed by atoms with Gasteiger partial charge < -0.3 is 29.9 Å². The van der Waals surface area contributed by atoms with Gasteiger partial charge >= 0.3 is 0 Å². The number of ether oxygens (including phenoxy) is 2. The molecule has 5 rings (SSSR count). The predicted molar refractivity (Wildman–Crippen MR) is 122 cm³/mol. The van der Waals surface area contributed by atoms with E-state index < -0.39 is 36.8 Å². The summed E-state index contributed by atoms with van der Waals surface area (Å²) in [4.78, 5) is 0.699. The second kappa shape index (κ2) is 8.50. The van der Waals surface area contributed by atoms with Crippen molar-refractivity contribution in [2.75, 3.05) is 13.2 Å². The Hall–Kier alpha value is -1.84. The van der Waals surface area contributed by atoms with Gasteiger partial charge in [-0.05, 0) is 46.9 Å². The van der Waals surface area contributed by atoms with Gasteiger partial charge in [-0.25, -0.2) is 0 Å². The third-order valence-electron chi connectivity index (χ3n) is 6.66. The highest BCUT2D eigenvalue weighted by Gasteiger charge is 2.58. The van der Waals surface area contributed by atoms with Crippen molar-refractivity contribution in [2.45, 2.75) is 56.4 Å². The molecule has 170 valence electrons. The molecule has 3 heterocycles. The molecule has 1 saturated heterocycles. The number of thiophene rings is 1. The second-order valence-corrected chi connectivity index (χ2v) is 9.60. The topological polar surface area (TPSA) is 99.4 Å². The molecule has 32 heavy (non-hydrogen) atoms. The van der Waals surface area contributed by atoms with Crippen LogP contribution in [0.1, 0.15) is 34.1 Å². The molecule has 1 spiro atoms. The molecule has 7 heteroatoms. The van der Waals surface area contributed by atoms with Gasteiger partial charge in [0.15, 0.2) is 0 Å². The number of aliphatic hydroxyl groups is 4. The van der Waals surface area contributed by atoms with Gasteiger partial charge in [0.25, 0.3) is 0 Å². The van der Waals surface area contributed by atoms with Crippen molar-refractivity contribution in [3.63, 3.8) is 0 Å². The van der Waals surface area contributed by atoms with Crippen molar-refractivity contribution in [1.82, 2.24) is 0 Å². The molecule has 1 fully saturated rings. The molecule has 5 atom stereocenters. The van der Waals surface area contributed by atoms with Crippen LogP contribution in [0, 0.1) is 0 Å². The summed E-state index contributed by atoms with van der Waals surface area (Å²) < 4.78 is 13.0. The molecule has 2 aliphatic rings. The summed E-state index contributed by atoms with van der Waals surface area (Å²) in [5, 5.41) is 42.4. The van der Waals surface area contributed by atoms with Gasteiger partial charge in [0.05, 0.1) is 18.1 Å². The number of hydrogen-bond acceptors (Lipinski definition) is 7. The normalized spacial score (nSPS) is 30.0. The zero-order valence-electron chi connectivity index (χ0n) is 17.9. The van der Waals surface area contributed by atoms with E-state index >= 15 is 0 Å². The Morgan fingerprint density at radius 1 is 1.03 bits per heavy atom. The second-order valence-electron chi connectivity index (χ2n) is 8.58. The summed E-state index contributed by atoms with van der Waals surface area (Å²) in [5.74, 6) is -1.61. The summed E-state index contributed by atoms with van der Waals surface area (Å²) >= 11 is 1.49. The lowest BCUT2D eigenvalue weighted by atomic mass is 9.88. The molecule has 6 nitrogen and oxygen atoms in total. The Balaban J connectivity index is 1.59. The van der Waals surface area contributed by atoms with Gasteiger partial charge in [0.2, 0.25) is 5.79 Å². The molecule has 2 aliphatic heterocycles. The molecular formula is C25H28O6S.